The molecule has 0 saturated heterocycles. The minimum atomic E-state index is -0.201. The van der Waals surface area contributed by atoms with Gasteiger partial charge in [0.1, 0.15) is 11.6 Å². The summed E-state index contributed by atoms with van der Waals surface area (Å²) in [6.45, 7) is 2.71. The van der Waals surface area contributed by atoms with Gasteiger partial charge in [0.2, 0.25) is 0 Å². The summed E-state index contributed by atoms with van der Waals surface area (Å²) >= 11 is 0. The molecule has 0 aliphatic heterocycles. The maximum atomic E-state index is 13.1. The van der Waals surface area contributed by atoms with Crippen LogP contribution in [0.5, 0.6) is 5.75 Å². The van der Waals surface area contributed by atoms with Crippen LogP contribution in [0.1, 0.15) is 24.1 Å². The highest BCUT2D eigenvalue weighted by Gasteiger charge is 2.06. The van der Waals surface area contributed by atoms with E-state index in [1.807, 2.05) is 30.3 Å². The lowest BCUT2D eigenvalue weighted by Crippen LogP contribution is -2.18. The Morgan fingerprint density at radius 3 is 2.68 bits per heavy atom. The van der Waals surface area contributed by atoms with Crippen molar-refractivity contribution in [2.75, 3.05) is 7.11 Å². The van der Waals surface area contributed by atoms with Gasteiger partial charge in [0.25, 0.3) is 0 Å². The summed E-state index contributed by atoms with van der Waals surface area (Å²) in [6, 6.07) is 14.8. The molecule has 0 radical (unpaired) electrons. The van der Waals surface area contributed by atoms with Gasteiger partial charge in [-0.05, 0) is 42.3 Å². The van der Waals surface area contributed by atoms with Crippen molar-refractivity contribution in [3.05, 3.63) is 65.5 Å². The molecule has 1 atom stereocenters. The first-order valence-electron chi connectivity index (χ1n) is 6.31. The molecule has 2 aromatic rings. The SMILES string of the molecule is COc1cccc(C(C)NCc2cccc(F)c2)c1. The van der Waals surface area contributed by atoms with E-state index in [1.165, 1.54) is 6.07 Å². The Bertz CT molecular complexity index is 542. The lowest BCUT2D eigenvalue weighted by molar-refractivity contribution is 0.413. The Balaban J connectivity index is 1.99. The topological polar surface area (TPSA) is 21.3 Å². The molecule has 1 unspecified atom stereocenters. The van der Waals surface area contributed by atoms with Crippen molar-refractivity contribution in [2.24, 2.45) is 0 Å². The molecule has 0 bridgehead atoms. The highest BCUT2D eigenvalue weighted by atomic mass is 19.1. The summed E-state index contributed by atoms with van der Waals surface area (Å²) < 4.78 is 18.3. The quantitative estimate of drug-likeness (QED) is 0.884. The zero-order valence-corrected chi connectivity index (χ0v) is 11.2. The van der Waals surface area contributed by atoms with Gasteiger partial charge in [-0.2, -0.15) is 0 Å². The summed E-state index contributed by atoms with van der Waals surface area (Å²) in [5.41, 5.74) is 2.09. The number of ether oxygens (including phenoxy) is 1. The summed E-state index contributed by atoms with van der Waals surface area (Å²) in [6.07, 6.45) is 0. The second-order valence-corrected chi connectivity index (χ2v) is 4.51. The first-order chi connectivity index (χ1) is 9.19. The number of halogens is 1. The zero-order valence-electron chi connectivity index (χ0n) is 11.2. The van der Waals surface area contributed by atoms with Gasteiger partial charge in [0, 0.05) is 12.6 Å². The van der Waals surface area contributed by atoms with Crippen molar-refractivity contribution in [2.45, 2.75) is 19.5 Å². The van der Waals surface area contributed by atoms with Crippen molar-refractivity contribution in [1.29, 1.82) is 0 Å². The average molecular weight is 259 g/mol. The Hall–Kier alpha value is -1.87. The predicted molar refractivity (Wildman–Crippen MR) is 74.6 cm³/mol. The molecule has 19 heavy (non-hydrogen) atoms. The van der Waals surface area contributed by atoms with Crippen LogP contribution in [-0.2, 0) is 6.54 Å². The van der Waals surface area contributed by atoms with Gasteiger partial charge < -0.3 is 10.1 Å². The van der Waals surface area contributed by atoms with Crippen LogP contribution in [-0.4, -0.2) is 7.11 Å². The molecule has 1 N–H and O–H groups in total. The van der Waals surface area contributed by atoms with Crippen LogP contribution in [0.3, 0.4) is 0 Å². The fraction of sp³-hybridized carbons (Fsp3) is 0.250. The van der Waals surface area contributed by atoms with Crippen molar-refractivity contribution >= 4 is 0 Å². The van der Waals surface area contributed by atoms with Crippen LogP contribution in [0.4, 0.5) is 4.39 Å². The van der Waals surface area contributed by atoms with E-state index >= 15 is 0 Å². The summed E-state index contributed by atoms with van der Waals surface area (Å²) in [5.74, 6) is 0.644. The molecule has 100 valence electrons. The molecule has 0 fully saturated rings. The molecular formula is C16H18FNO. The van der Waals surface area contributed by atoms with E-state index in [-0.39, 0.29) is 11.9 Å². The molecule has 2 nitrogen and oxygen atoms in total. The van der Waals surface area contributed by atoms with Crippen LogP contribution in [0.15, 0.2) is 48.5 Å². The Morgan fingerprint density at radius 1 is 1.16 bits per heavy atom. The number of hydrogen-bond donors (Lipinski definition) is 1. The van der Waals surface area contributed by atoms with E-state index in [2.05, 4.69) is 12.2 Å². The first-order valence-corrected chi connectivity index (χ1v) is 6.31. The third-order valence-corrected chi connectivity index (χ3v) is 3.10. The Kier molecular flexibility index (Phi) is 4.53. The predicted octanol–water partition coefficient (Wildman–Crippen LogP) is 3.69. The smallest absolute Gasteiger partial charge is 0.123 e. The van der Waals surface area contributed by atoms with E-state index in [9.17, 15) is 4.39 Å². The van der Waals surface area contributed by atoms with Gasteiger partial charge in [-0.15, -0.1) is 0 Å². The zero-order chi connectivity index (χ0) is 13.7. The highest BCUT2D eigenvalue weighted by Crippen LogP contribution is 2.19. The second-order valence-electron chi connectivity index (χ2n) is 4.51. The molecular weight excluding hydrogens is 241 g/mol. The molecule has 0 spiro atoms. The van der Waals surface area contributed by atoms with Crippen LogP contribution in [0.25, 0.3) is 0 Å². The number of hydrogen-bond acceptors (Lipinski definition) is 2. The average Bonchev–Trinajstić information content (AvgIpc) is 2.45. The number of methoxy groups -OCH3 is 1. The summed E-state index contributed by atoms with van der Waals surface area (Å²) in [7, 11) is 1.66. The molecule has 0 amide bonds. The Morgan fingerprint density at radius 2 is 1.95 bits per heavy atom. The first kappa shape index (κ1) is 13.6. The standard InChI is InChI=1S/C16H18FNO/c1-12(14-6-4-8-16(10-14)19-2)18-11-13-5-3-7-15(17)9-13/h3-10,12,18H,11H2,1-2H3. The Labute approximate surface area is 113 Å². The van der Waals surface area contributed by atoms with Gasteiger partial charge in [-0.1, -0.05) is 24.3 Å². The van der Waals surface area contributed by atoms with Gasteiger partial charge in [0.15, 0.2) is 0 Å². The number of rotatable bonds is 5. The minimum absolute atomic E-state index is 0.179. The van der Waals surface area contributed by atoms with Crippen LogP contribution in [0, 0.1) is 5.82 Å². The van der Waals surface area contributed by atoms with E-state index in [0.717, 1.165) is 16.9 Å². The fourth-order valence-electron chi connectivity index (χ4n) is 1.95. The minimum Gasteiger partial charge on any atom is -0.497 e. The maximum absolute atomic E-state index is 13.1. The third kappa shape index (κ3) is 3.80. The van der Waals surface area contributed by atoms with E-state index in [4.69, 9.17) is 4.74 Å². The van der Waals surface area contributed by atoms with Crippen molar-refractivity contribution < 1.29 is 9.13 Å². The normalized spacial score (nSPS) is 12.2. The van der Waals surface area contributed by atoms with Crippen molar-refractivity contribution in [3.8, 4) is 5.75 Å². The van der Waals surface area contributed by atoms with Gasteiger partial charge in [-0.3, -0.25) is 0 Å². The van der Waals surface area contributed by atoms with Crippen LogP contribution >= 0.6 is 0 Å². The van der Waals surface area contributed by atoms with Crippen LogP contribution in [0.2, 0.25) is 0 Å². The molecule has 0 aromatic heterocycles. The van der Waals surface area contributed by atoms with E-state index in [0.29, 0.717) is 6.54 Å². The number of nitrogens with one attached hydrogen (secondary N) is 1. The molecule has 2 aromatic carbocycles. The van der Waals surface area contributed by atoms with Crippen LogP contribution < -0.4 is 10.1 Å². The second kappa shape index (κ2) is 6.34. The number of benzene rings is 2. The third-order valence-electron chi connectivity index (χ3n) is 3.10. The molecule has 0 aliphatic rings. The lowest BCUT2D eigenvalue weighted by atomic mass is 10.1. The highest BCUT2D eigenvalue weighted by molar-refractivity contribution is 5.30. The largest absolute Gasteiger partial charge is 0.497 e. The van der Waals surface area contributed by atoms with Gasteiger partial charge >= 0.3 is 0 Å². The molecule has 2 rings (SSSR count). The van der Waals surface area contributed by atoms with Gasteiger partial charge in [0.05, 0.1) is 7.11 Å². The van der Waals surface area contributed by atoms with Crippen molar-refractivity contribution in [3.63, 3.8) is 0 Å². The monoisotopic (exact) mass is 259 g/mol. The molecule has 0 heterocycles. The summed E-state index contributed by atoms with van der Waals surface area (Å²) in [4.78, 5) is 0. The molecule has 3 heteroatoms. The van der Waals surface area contributed by atoms with Crippen molar-refractivity contribution in [1.82, 2.24) is 5.32 Å². The maximum Gasteiger partial charge on any atom is 0.123 e. The summed E-state index contributed by atoms with van der Waals surface area (Å²) in [5, 5.41) is 3.37. The lowest BCUT2D eigenvalue weighted by Gasteiger charge is -2.15. The fourth-order valence-corrected chi connectivity index (χ4v) is 1.95. The van der Waals surface area contributed by atoms with E-state index in [1.54, 1.807) is 19.2 Å². The molecule has 0 aliphatic carbocycles. The van der Waals surface area contributed by atoms with E-state index < -0.39 is 0 Å². The molecule has 0 saturated carbocycles. The van der Waals surface area contributed by atoms with Gasteiger partial charge in [-0.25, -0.2) is 4.39 Å².